The molecule has 0 bridgehead atoms. The lowest BCUT2D eigenvalue weighted by Crippen LogP contribution is -2.48. The van der Waals surface area contributed by atoms with E-state index in [0.717, 1.165) is 24.2 Å². The minimum absolute atomic E-state index is 0.0847. The largest absolute Gasteiger partial charge is 0.490 e. The zero-order valence-electron chi connectivity index (χ0n) is 27.7. The number of aliphatic hydroxyl groups is 1. The zero-order chi connectivity index (χ0) is 34.3. The van der Waals surface area contributed by atoms with Crippen molar-refractivity contribution >= 4 is 44.7 Å². The number of hydrogen-bond acceptors (Lipinski definition) is 10. The summed E-state index contributed by atoms with van der Waals surface area (Å²) in [4.78, 5) is 28.8. The smallest absolute Gasteiger partial charge is 0.323 e. The minimum atomic E-state index is -3.72. The number of thiophene rings is 1. The van der Waals surface area contributed by atoms with E-state index in [1.807, 2.05) is 13.8 Å². The molecule has 15 heteroatoms. The maximum absolute atomic E-state index is 14.3. The SMILES string of the molecule is Cc1noc(C)c1NC(=O)Nc1ccc2c(c1)C(=O)N([C@@H](C)CO)C[C@@H](C)[C@@H](CN(C)S(=O)(=O)c1cccs1)OCCCC[C@@H](C)O2. The van der Waals surface area contributed by atoms with Crippen molar-refractivity contribution in [2.24, 2.45) is 5.92 Å². The fraction of sp³-hybridized carbons (Fsp3) is 0.531. The number of hydrogen-bond donors (Lipinski definition) is 3. The number of rotatable bonds is 8. The molecule has 0 saturated heterocycles. The van der Waals surface area contributed by atoms with Crippen LogP contribution < -0.4 is 15.4 Å². The summed E-state index contributed by atoms with van der Waals surface area (Å²) >= 11 is 1.15. The molecule has 258 valence electrons. The van der Waals surface area contributed by atoms with E-state index in [4.69, 9.17) is 14.0 Å². The summed E-state index contributed by atoms with van der Waals surface area (Å²) < 4.78 is 45.7. The highest BCUT2D eigenvalue weighted by molar-refractivity contribution is 7.91. The fourth-order valence-electron chi connectivity index (χ4n) is 5.32. The van der Waals surface area contributed by atoms with Crippen molar-refractivity contribution in [3.63, 3.8) is 0 Å². The molecule has 3 heterocycles. The normalized spacial score (nSPS) is 20.6. The number of aliphatic hydroxyl groups excluding tert-OH is 1. The van der Waals surface area contributed by atoms with Gasteiger partial charge in [0.2, 0.25) is 0 Å². The Labute approximate surface area is 280 Å². The molecule has 47 heavy (non-hydrogen) atoms. The number of carbonyl (C=O) groups is 2. The predicted octanol–water partition coefficient (Wildman–Crippen LogP) is 5.11. The van der Waals surface area contributed by atoms with E-state index in [0.29, 0.717) is 41.6 Å². The molecule has 3 amide bonds. The van der Waals surface area contributed by atoms with Crippen LogP contribution in [0.5, 0.6) is 5.75 Å². The maximum Gasteiger partial charge on any atom is 0.323 e. The van der Waals surface area contributed by atoms with Gasteiger partial charge >= 0.3 is 6.03 Å². The number of nitrogens with one attached hydrogen (secondary N) is 2. The molecule has 3 aromatic rings. The van der Waals surface area contributed by atoms with E-state index in [1.54, 1.807) is 61.4 Å². The van der Waals surface area contributed by atoms with Crippen molar-refractivity contribution in [1.82, 2.24) is 14.4 Å². The van der Waals surface area contributed by atoms with Crippen molar-refractivity contribution in [2.45, 2.75) is 76.3 Å². The Kier molecular flexibility index (Phi) is 12.4. The summed E-state index contributed by atoms with van der Waals surface area (Å²) in [6.45, 7) is 9.33. The highest BCUT2D eigenvalue weighted by Gasteiger charge is 2.32. The lowest BCUT2D eigenvalue weighted by molar-refractivity contribution is -0.00832. The Balaban J connectivity index is 1.63. The molecular weight excluding hydrogens is 647 g/mol. The number of anilines is 2. The Morgan fingerprint density at radius 3 is 2.64 bits per heavy atom. The molecule has 0 fully saturated rings. The van der Waals surface area contributed by atoms with E-state index in [9.17, 15) is 23.1 Å². The van der Waals surface area contributed by atoms with E-state index in [1.165, 1.54) is 11.4 Å². The second-order valence-corrected chi connectivity index (χ2v) is 15.2. The van der Waals surface area contributed by atoms with Crippen molar-refractivity contribution in [2.75, 3.05) is 44.0 Å². The number of sulfonamides is 1. The average Bonchev–Trinajstić information content (AvgIpc) is 3.69. The van der Waals surface area contributed by atoms with Crippen LogP contribution in [0.3, 0.4) is 0 Å². The molecule has 4 atom stereocenters. The highest BCUT2D eigenvalue weighted by atomic mass is 32.2. The van der Waals surface area contributed by atoms with Crippen LogP contribution in [0.4, 0.5) is 16.2 Å². The summed E-state index contributed by atoms with van der Waals surface area (Å²) in [6.07, 6.45) is 1.47. The van der Waals surface area contributed by atoms with Crippen LogP contribution in [0.2, 0.25) is 0 Å². The minimum Gasteiger partial charge on any atom is -0.490 e. The molecule has 1 aromatic carbocycles. The first-order valence-electron chi connectivity index (χ1n) is 15.7. The van der Waals surface area contributed by atoms with Gasteiger partial charge in [-0.25, -0.2) is 13.2 Å². The van der Waals surface area contributed by atoms with Crippen LogP contribution >= 0.6 is 11.3 Å². The van der Waals surface area contributed by atoms with Gasteiger partial charge in [-0.3, -0.25) is 4.79 Å². The molecule has 1 aliphatic heterocycles. The third-order valence-corrected chi connectivity index (χ3v) is 11.4. The molecule has 0 radical (unpaired) electrons. The van der Waals surface area contributed by atoms with Gasteiger partial charge in [0, 0.05) is 38.3 Å². The Morgan fingerprint density at radius 2 is 1.98 bits per heavy atom. The van der Waals surface area contributed by atoms with Gasteiger partial charge in [-0.05, 0) is 76.6 Å². The predicted molar refractivity (Wildman–Crippen MR) is 180 cm³/mol. The Morgan fingerprint density at radius 1 is 1.21 bits per heavy atom. The highest BCUT2D eigenvalue weighted by Crippen LogP contribution is 2.29. The first-order chi connectivity index (χ1) is 22.3. The quantitative estimate of drug-likeness (QED) is 0.291. The van der Waals surface area contributed by atoms with Gasteiger partial charge in [0.05, 0.1) is 30.4 Å². The van der Waals surface area contributed by atoms with Crippen molar-refractivity contribution in [3.8, 4) is 5.75 Å². The molecule has 4 rings (SSSR count). The van der Waals surface area contributed by atoms with Gasteiger partial charge in [0.15, 0.2) is 5.76 Å². The van der Waals surface area contributed by atoms with Gasteiger partial charge in [-0.2, -0.15) is 4.31 Å². The monoisotopic (exact) mass is 691 g/mol. The number of urea groups is 1. The van der Waals surface area contributed by atoms with Gasteiger partial charge in [-0.15, -0.1) is 11.3 Å². The molecule has 0 aliphatic carbocycles. The van der Waals surface area contributed by atoms with Crippen molar-refractivity contribution in [1.29, 1.82) is 0 Å². The number of likely N-dealkylation sites (N-methyl/N-ethyl adjacent to an activating group) is 1. The standard InChI is InChI=1S/C32H45N5O8S2/c1-20-17-37(21(2)19-38)31(39)26-16-25(33-32(40)34-30-23(4)35-45-24(30)5)12-13-27(26)44-22(3)10-7-8-14-43-28(20)18-36(6)47(41,42)29-11-9-15-46-29/h9,11-13,15-16,20-22,28,38H,7-8,10,14,17-19H2,1-6H3,(H2,33,34,40)/t20-,21+,22-,28-/m1/s1. The topological polar surface area (TPSA) is 164 Å². The molecular formula is C32H45N5O8S2. The number of amides is 3. The number of carbonyl (C=O) groups excluding carboxylic acids is 2. The number of aromatic nitrogens is 1. The first-order valence-corrected chi connectivity index (χ1v) is 18.0. The van der Waals surface area contributed by atoms with Gasteiger partial charge < -0.3 is 34.6 Å². The molecule has 3 N–H and O–H groups in total. The molecule has 13 nitrogen and oxygen atoms in total. The number of aryl methyl sites for hydroxylation is 2. The van der Waals surface area contributed by atoms with Crippen molar-refractivity contribution < 1.29 is 37.1 Å². The molecule has 0 unspecified atom stereocenters. The Bertz CT molecular complexity index is 1590. The van der Waals surface area contributed by atoms with Crippen LogP contribution in [-0.2, 0) is 14.8 Å². The number of benzene rings is 1. The third-order valence-electron chi connectivity index (χ3n) is 8.18. The van der Waals surface area contributed by atoms with E-state index >= 15 is 0 Å². The van der Waals surface area contributed by atoms with Gasteiger partial charge in [-0.1, -0.05) is 18.1 Å². The van der Waals surface area contributed by atoms with Gasteiger partial charge in [0.25, 0.3) is 15.9 Å². The van der Waals surface area contributed by atoms with E-state index in [-0.39, 0.29) is 41.5 Å². The molecule has 0 saturated carbocycles. The van der Waals surface area contributed by atoms with Crippen LogP contribution in [0.25, 0.3) is 0 Å². The summed E-state index contributed by atoms with van der Waals surface area (Å²) in [5, 5.41) is 21.3. The lowest BCUT2D eigenvalue weighted by atomic mass is 10.0. The van der Waals surface area contributed by atoms with Crippen LogP contribution in [0.15, 0.2) is 44.4 Å². The van der Waals surface area contributed by atoms with Crippen LogP contribution in [0, 0.1) is 19.8 Å². The summed E-state index contributed by atoms with van der Waals surface area (Å²) in [5.74, 6) is 0.0847. The van der Waals surface area contributed by atoms with Gasteiger partial charge in [0.1, 0.15) is 21.3 Å². The molecule has 1 aliphatic rings. The zero-order valence-corrected chi connectivity index (χ0v) is 29.3. The Hall–Kier alpha value is -3.50. The second-order valence-electron chi connectivity index (χ2n) is 12.0. The number of ether oxygens (including phenoxy) is 2. The molecule has 2 aromatic heterocycles. The number of fused-ring (bicyclic) bond motifs is 1. The first kappa shape index (κ1) is 36.3. The molecule has 0 spiro atoms. The fourth-order valence-corrected chi connectivity index (χ4v) is 7.70. The lowest BCUT2D eigenvalue weighted by Gasteiger charge is -2.35. The van der Waals surface area contributed by atoms with Crippen LogP contribution in [0.1, 0.15) is 61.8 Å². The van der Waals surface area contributed by atoms with Crippen LogP contribution in [-0.4, -0.2) is 91.4 Å². The summed E-state index contributed by atoms with van der Waals surface area (Å²) in [5.41, 5.74) is 1.55. The van der Waals surface area contributed by atoms with Crippen molar-refractivity contribution in [3.05, 3.63) is 52.7 Å². The number of nitrogens with zero attached hydrogens (tertiary/aromatic N) is 3. The van der Waals surface area contributed by atoms with E-state index < -0.39 is 34.1 Å². The summed E-state index contributed by atoms with van der Waals surface area (Å²) in [6, 6.07) is 7.00. The second kappa shape index (κ2) is 16.1. The maximum atomic E-state index is 14.3. The van der Waals surface area contributed by atoms with E-state index in [2.05, 4.69) is 15.8 Å². The average molecular weight is 692 g/mol. The third kappa shape index (κ3) is 9.11. The summed E-state index contributed by atoms with van der Waals surface area (Å²) in [7, 11) is -2.19.